The van der Waals surface area contributed by atoms with Gasteiger partial charge in [-0.05, 0) is 55.0 Å². The molecule has 1 N–H and O–H groups in total. The van der Waals surface area contributed by atoms with Crippen molar-refractivity contribution >= 4 is 11.3 Å². The Labute approximate surface area is 127 Å². The van der Waals surface area contributed by atoms with E-state index in [1.165, 1.54) is 44.2 Å². The van der Waals surface area contributed by atoms with Crippen LogP contribution >= 0.6 is 11.3 Å². The van der Waals surface area contributed by atoms with Crippen LogP contribution in [-0.4, -0.2) is 30.1 Å². The van der Waals surface area contributed by atoms with Crippen molar-refractivity contribution in [1.29, 1.82) is 0 Å². The monoisotopic (exact) mass is 292 g/mol. The molecule has 2 nitrogen and oxygen atoms in total. The zero-order valence-electron chi connectivity index (χ0n) is 12.8. The molecule has 1 saturated carbocycles. The van der Waals surface area contributed by atoms with Crippen molar-refractivity contribution in [2.24, 2.45) is 5.92 Å². The van der Waals surface area contributed by atoms with Gasteiger partial charge in [0.1, 0.15) is 0 Å². The largest absolute Gasteiger partial charge is 0.311 e. The van der Waals surface area contributed by atoms with E-state index in [0.717, 1.165) is 12.5 Å². The van der Waals surface area contributed by atoms with Gasteiger partial charge in [-0.1, -0.05) is 19.3 Å². The predicted molar refractivity (Wildman–Crippen MR) is 87.3 cm³/mol. The molecule has 3 atom stereocenters. The maximum Gasteiger partial charge on any atom is 0.0332 e. The van der Waals surface area contributed by atoms with Gasteiger partial charge in [0.05, 0.1) is 0 Å². The maximum atomic E-state index is 3.83. The summed E-state index contributed by atoms with van der Waals surface area (Å²) >= 11 is 1.82. The van der Waals surface area contributed by atoms with Gasteiger partial charge in [-0.15, -0.1) is 0 Å². The van der Waals surface area contributed by atoms with Crippen LogP contribution in [0, 0.1) is 5.92 Å². The number of nitrogens with one attached hydrogen (secondary N) is 1. The second-order valence-electron chi connectivity index (χ2n) is 6.69. The number of hydrogen-bond acceptors (Lipinski definition) is 3. The van der Waals surface area contributed by atoms with Gasteiger partial charge in [-0.3, -0.25) is 4.90 Å². The Balaban J connectivity index is 1.66. The molecule has 0 bridgehead atoms. The summed E-state index contributed by atoms with van der Waals surface area (Å²) in [5, 5.41) is 8.35. The summed E-state index contributed by atoms with van der Waals surface area (Å²) in [6.07, 6.45) is 7.21. The van der Waals surface area contributed by atoms with Crippen molar-refractivity contribution in [3.63, 3.8) is 0 Å². The van der Waals surface area contributed by atoms with E-state index >= 15 is 0 Å². The highest BCUT2D eigenvalue weighted by atomic mass is 32.1. The van der Waals surface area contributed by atoms with Gasteiger partial charge in [0.15, 0.2) is 0 Å². The van der Waals surface area contributed by atoms with E-state index in [1.807, 2.05) is 11.3 Å². The minimum atomic E-state index is 0.560. The van der Waals surface area contributed by atoms with Gasteiger partial charge in [0.25, 0.3) is 0 Å². The highest BCUT2D eigenvalue weighted by Crippen LogP contribution is 2.31. The van der Waals surface area contributed by atoms with Gasteiger partial charge < -0.3 is 5.32 Å². The molecular formula is C17H28N2S. The van der Waals surface area contributed by atoms with Crippen LogP contribution < -0.4 is 5.32 Å². The lowest BCUT2D eigenvalue weighted by Gasteiger charge is -2.45. The molecule has 0 aromatic carbocycles. The molecular weight excluding hydrogens is 264 g/mol. The molecule has 0 radical (unpaired) electrons. The van der Waals surface area contributed by atoms with Crippen molar-refractivity contribution in [2.45, 2.75) is 64.1 Å². The van der Waals surface area contributed by atoms with E-state index < -0.39 is 0 Å². The molecule has 1 aliphatic heterocycles. The van der Waals surface area contributed by atoms with E-state index in [4.69, 9.17) is 0 Å². The maximum absolute atomic E-state index is 3.83. The van der Waals surface area contributed by atoms with Crippen molar-refractivity contribution < 1.29 is 0 Å². The first kappa shape index (κ1) is 14.6. The number of piperazine rings is 1. The van der Waals surface area contributed by atoms with Gasteiger partial charge >= 0.3 is 0 Å². The van der Waals surface area contributed by atoms with Gasteiger partial charge in [-0.25, -0.2) is 0 Å². The molecule has 112 valence electrons. The lowest BCUT2D eigenvalue weighted by atomic mass is 9.82. The van der Waals surface area contributed by atoms with Crippen molar-refractivity contribution in [1.82, 2.24) is 10.2 Å². The molecule has 0 spiro atoms. The Morgan fingerprint density at radius 3 is 2.80 bits per heavy atom. The molecule has 2 heterocycles. The van der Waals surface area contributed by atoms with Crippen LogP contribution in [-0.2, 0) is 0 Å². The fourth-order valence-electron chi connectivity index (χ4n) is 4.01. The summed E-state index contributed by atoms with van der Waals surface area (Å²) in [7, 11) is 0. The van der Waals surface area contributed by atoms with Gasteiger partial charge in [-0.2, -0.15) is 11.3 Å². The van der Waals surface area contributed by atoms with Crippen LogP contribution in [0.25, 0.3) is 0 Å². The Kier molecular flexibility index (Phi) is 4.79. The molecule has 20 heavy (non-hydrogen) atoms. The average Bonchev–Trinajstić information content (AvgIpc) is 3.02. The molecule has 3 unspecified atom stereocenters. The van der Waals surface area contributed by atoms with Gasteiger partial charge in [0.2, 0.25) is 0 Å². The van der Waals surface area contributed by atoms with Crippen LogP contribution in [0.1, 0.15) is 57.6 Å². The quantitative estimate of drug-likeness (QED) is 0.904. The van der Waals surface area contributed by atoms with Crippen LogP contribution in [0.2, 0.25) is 0 Å². The second-order valence-corrected chi connectivity index (χ2v) is 7.47. The SMILES string of the molecule is CC1CNC(C2CCCCC2)CN1C(C)c1ccsc1. The molecule has 3 heteroatoms. The molecule has 1 aliphatic carbocycles. The molecule has 2 fully saturated rings. The fourth-order valence-corrected chi connectivity index (χ4v) is 4.75. The van der Waals surface area contributed by atoms with Crippen LogP contribution in [0.4, 0.5) is 0 Å². The minimum Gasteiger partial charge on any atom is -0.311 e. The molecule has 1 aromatic heterocycles. The summed E-state index contributed by atoms with van der Waals surface area (Å²) in [4.78, 5) is 2.72. The first-order valence-electron chi connectivity index (χ1n) is 8.27. The Bertz CT molecular complexity index is 397. The average molecular weight is 292 g/mol. The van der Waals surface area contributed by atoms with Crippen LogP contribution in [0.3, 0.4) is 0 Å². The molecule has 1 aromatic rings. The van der Waals surface area contributed by atoms with E-state index in [1.54, 1.807) is 0 Å². The van der Waals surface area contributed by atoms with E-state index in [2.05, 4.69) is 40.9 Å². The third-order valence-corrected chi connectivity index (χ3v) is 6.09. The third-order valence-electron chi connectivity index (χ3n) is 5.39. The van der Waals surface area contributed by atoms with E-state index in [9.17, 15) is 0 Å². The Morgan fingerprint density at radius 2 is 2.10 bits per heavy atom. The van der Waals surface area contributed by atoms with Crippen LogP contribution in [0.15, 0.2) is 16.8 Å². The number of hydrogen-bond donors (Lipinski definition) is 1. The summed E-state index contributed by atoms with van der Waals surface area (Å²) in [6, 6.07) is 4.21. The normalized spacial score (nSPS) is 31.3. The zero-order chi connectivity index (χ0) is 13.9. The summed E-state index contributed by atoms with van der Waals surface area (Å²) < 4.78 is 0. The molecule has 2 aliphatic rings. The second kappa shape index (κ2) is 6.59. The number of nitrogens with zero attached hydrogens (tertiary/aromatic N) is 1. The first-order chi connectivity index (χ1) is 9.75. The highest BCUT2D eigenvalue weighted by Gasteiger charge is 2.33. The predicted octanol–water partition coefficient (Wildman–Crippen LogP) is 4.05. The number of thiophene rings is 1. The minimum absolute atomic E-state index is 0.560. The summed E-state index contributed by atoms with van der Waals surface area (Å²) in [6.45, 7) is 7.12. The Morgan fingerprint density at radius 1 is 1.30 bits per heavy atom. The standard InChI is InChI=1S/C17H28N2S/c1-13-10-18-17(15-6-4-3-5-7-15)11-19(13)14(2)16-8-9-20-12-16/h8-9,12-15,17-18H,3-7,10-11H2,1-2H3. The summed E-state index contributed by atoms with van der Waals surface area (Å²) in [5.41, 5.74) is 1.49. The van der Waals surface area contributed by atoms with Crippen molar-refractivity contribution in [3.05, 3.63) is 22.4 Å². The fraction of sp³-hybridized carbons (Fsp3) is 0.765. The summed E-state index contributed by atoms with van der Waals surface area (Å²) in [5.74, 6) is 0.911. The molecule has 3 rings (SSSR count). The first-order valence-corrected chi connectivity index (χ1v) is 9.21. The topological polar surface area (TPSA) is 15.3 Å². The van der Waals surface area contributed by atoms with Crippen LogP contribution in [0.5, 0.6) is 0 Å². The van der Waals surface area contributed by atoms with Crippen molar-refractivity contribution in [2.75, 3.05) is 13.1 Å². The smallest absolute Gasteiger partial charge is 0.0332 e. The lowest BCUT2D eigenvalue weighted by molar-refractivity contribution is 0.0720. The zero-order valence-corrected chi connectivity index (χ0v) is 13.7. The Hall–Kier alpha value is -0.380. The van der Waals surface area contributed by atoms with Gasteiger partial charge in [0, 0.05) is 31.2 Å². The lowest BCUT2D eigenvalue weighted by Crippen LogP contribution is -2.58. The van der Waals surface area contributed by atoms with E-state index in [-0.39, 0.29) is 0 Å². The molecule has 1 saturated heterocycles. The number of rotatable bonds is 3. The van der Waals surface area contributed by atoms with Crippen molar-refractivity contribution in [3.8, 4) is 0 Å². The third kappa shape index (κ3) is 3.10. The van der Waals surface area contributed by atoms with E-state index in [0.29, 0.717) is 18.1 Å². The molecule has 0 amide bonds. The highest BCUT2D eigenvalue weighted by molar-refractivity contribution is 7.07.